The van der Waals surface area contributed by atoms with Gasteiger partial charge in [0, 0.05) is 49.2 Å². The number of amides is 1. The van der Waals surface area contributed by atoms with Crippen molar-refractivity contribution in [3.05, 3.63) is 36.2 Å². The summed E-state index contributed by atoms with van der Waals surface area (Å²) in [7, 11) is 0. The van der Waals surface area contributed by atoms with Crippen molar-refractivity contribution < 1.29 is 29.3 Å². The van der Waals surface area contributed by atoms with E-state index >= 15 is 0 Å². The minimum atomic E-state index is -0.460. The highest BCUT2D eigenvalue weighted by atomic mass is 16.6. The van der Waals surface area contributed by atoms with Crippen LogP contribution in [0.3, 0.4) is 0 Å². The van der Waals surface area contributed by atoms with Gasteiger partial charge in [0.2, 0.25) is 0 Å². The Hall–Kier alpha value is -3.20. The second kappa shape index (κ2) is 9.74. The molecule has 1 amide bonds. The first-order chi connectivity index (χ1) is 16.0. The number of benzene rings is 1. The van der Waals surface area contributed by atoms with Gasteiger partial charge in [-0.2, -0.15) is 0 Å². The lowest BCUT2D eigenvalue weighted by atomic mass is 9.76. The summed E-state index contributed by atoms with van der Waals surface area (Å²) in [6.07, 6.45) is 7.67. The number of piperidine rings is 1. The Balaban J connectivity index is 0.000000821. The maximum absolute atomic E-state index is 13.1. The number of rotatable bonds is 3. The van der Waals surface area contributed by atoms with Crippen molar-refractivity contribution in [1.29, 1.82) is 0 Å². The Bertz CT molecular complexity index is 1030. The summed E-state index contributed by atoms with van der Waals surface area (Å²) in [6, 6.07) is 5.17. The van der Waals surface area contributed by atoms with Crippen molar-refractivity contribution in [2.75, 3.05) is 32.7 Å². The minimum absolute atomic E-state index is 0.00820. The summed E-state index contributed by atoms with van der Waals surface area (Å²) in [5.41, 5.74) is -0.163. The number of likely N-dealkylation sites (tertiary alicyclic amines) is 2. The molecule has 4 heterocycles. The number of carboxylic acid groups (broad SMARTS) is 1. The van der Waals surface area contributed by atoms with Crippen LogP contribution in [0.25, 0.3) is 10.8 Å². The number of nitrogens with zero attached hydrogens (tertiary/aromatic N) is 3. The van der Waals surface area contributed by atoms with Crippen LogP contribution in [0.15, 0.2) is 30.6 Å². The molecule has 1 spiro atoms. The average Bonchev–Trinajstić information content (AvgIpc) is 3.43. The van der Waals surface area contributed by atoms with E-state index in [0.717, 1.165) is 31.4 Å². The van der Waals surface area contributed by atoms with Crippen LogP contribution in [-0.2, 0) is 14.3 Å². The van der Waals surface area contributed by atoms with Crippen molar-refractivity contribution in [2.45, 2.75) is 38.2 Å². The highest BCUT2D eigenvalue weighted by Gasteiger charge is 2.51. The molecule has 3 fully saturated rings. The largest absolute Gasteiger partial charge is 0.506 e. The number of phenolic OH excluding ortho intramolecular Hbond substituents is 1. The number of ether oxygens (including phenoxy) is 1. The number of hydrogen-bond donors (Lipinski definition) is 2. The highest BCUT2D eigenvalue weighted by molar-refractivity contribution is 6.03. The van der Waals surface area contributed by atoms with Crippen LogP contribution in [0.1, 0.15) is 42.5 Å². The molecule has 2 aromatic rings. The number of carbonyl (C=O) groups excluding carboxylic acids is 2. The van der Waals surface area contributed by atoms with Crippen molar-refractivity contribution >= 4 is 29.1 Å². The predicted octanol–water partition coefficient (Wildman–Crippen LogP) is 2.27. The molecule has 33 heavy (non-hydrogen) atoms. The first kappa shape index (κ1) is 23.0. The third-order valence-corrected chi connectivity index (χ3v) is 7.02. The molecule has 9 nitrogen and oxygen atoms in total. The number of cyclic esters (lactones) is 1. The van der Waals surface area contributed by atoms with Crippen molar-refractivity contribution in [1.82, 2.24) is 14.8 Å². The Labute approximate surface area is 192 Å². The molecule has 9 heteroatoms. The summed E-state index contributed by atoms with van der Waals surface area (Å²) < 4.78 is 5.73. The van der Waals surface area contributed by atoms with E-state index in [2.05, 4.69) is 9.88 Å². The summed E-state index contributed by atoms with van der Waals surface area (Å²) in [5, 5.41) is 18.9. The number of fused-ring (bicyclic) bond motifs is 1. The molecule has 1 unspecified atom stereocenters. The van der Waals surface area contributed by atoms with Crippen LogP contribution in [0, 0.1) is 5.41 Å². The van der Waals surface area contributed by atoms with E-state index in [4.69, 9.17) is 14.6 Å². The number of esters is 1. The van der Waals surface area contributed by atoms with E-state index in [0.29, 0.717) is 36.9 Å². The molecule has 1 atom stereocenters. The quantitative estimate of drug-likeness (QED) is 0.534. The summed E-state index contributed by atoms with van der Waals surface area (Å²) in [4.78, 5) is 42.3. The first-order valence-corrected chi connectivity index (χ1v) is 11.3. The molecule has 1 aromatic carbocycles. The van der Waals surface area contributed by atoms with Gasteiger partial charge in [-0.05, 0) is 50.9 Å². The molecule has 0 radical (unpaired) electrons. The van der Waals surface area contributed by atoms with Gasteiger partial charge in [-0.15, -0.1) is 0 Å². The molecule has 5 rings (SSSR count). The van der Waals surface area contributed by atoms with Gasteiger partial charge in [-0.25, -0.2) is 0 Å². The van der Waals surface area contributed by atoms with Gasteiger partial charge < -0.3 is 19.8 Å². The molecule has 3 aliphatic rings. The number of hydrogen-bond acceptors (Lipinski definition) is 7. The normalized spacial score (nSPS) is 22.1. The highest BCUT2D eigenvalue weighted by Crippen LogP contribution is 2.44. The Morgan fingerprint density at radius 2 is 1.88 bits per heavy atom. The van der Waals surface area contributed by atoms with E-state index in [9.17, 15) is 14.7 Å². The monoisotopic (exact) mass is 455 g/mol. The lowest BCUT2D eigenvalue weighted by molar-refractivity contribution is -0.151. The Kier molecular flexibility index (Phi) is 6.78. The van der Waals surface area contributed by atoms with Crippen LogP contribution in [0.2, 0.25) is 0 Å². The first-order valence-electron chi connectivity index (χ1n) is 11.3. The van der Waals surface area contributed by atoms with E-state index in [1.54, 1.807) is 35.5 Å². The summed E-state index contributed by atoms with van der Waals surface area (Å²) >= 11 is 0. The minimum Gasteiger partial charge on any atom is -0.506 e. The van der Waals surface area contributed by atoms with E-state index in [1.807, 2.05) is 0 Å². The van der Waals surface area contributed by atoms with Gasteiger partial charge in [0.25, 0.3) is 12.4 Å². The molecule has 0 aliphatic carbocycles. The van der Waals surface area contributed by atoms with E-state index in [-0.39, 0.29) is 30.2 Å². The molecular formula is C24H29N3O6. The maximum atomic E-state index is 13.1. The smallest absolute Gasteiger partial charge is 0.312 e. The lowest BCUT2D eigenvalue weighted by Gasteiger charge is -2.36. The van der Waals surface area contributed by atoms with Crippen molar-refractivity contribution in [2.24, 2.45) is 5.41 Å². The molecule has 3 saturated heterocycles. The predicted molar refractivity (Wildman–Crippen MR) is 120 cm³/mol. The number of pyridine rings is 1. The zero-order valence-electron chi connectivity index (χ0n) is 18.5. The van der Waals surface area contributed by atoms with Crippen LogP contribution < -0.4 is 0 Å². The van der Waals surface area contributed by atoms with Gasteiger partial charge in [0.1, 0.15) is 11.9 Å². The SMILES string of the molecule is O=C(c1ccc2cnccc2c1O)N1CCC2(CC1)CC(CN1CCCC1)OC2=O.O=CO. The Morgan fingerprint density at radius 3 is 2.58 bits per heavy atom. The van der Waals surface area contributed by atoms with Crippen molar-refractivity contribution in [3.8, 4) is 5.75 Å². The zero-order chi connectivity index (χ0) is 23.4. The molecule has 1 aromatic heterocycles. The maximum Gasteiger partial charge on any atom is 0.312 e. The topological polar surface area (TPSA) is 120 Å². The third kappa shape index (κ3) is 4.64. The van der Waals surface area contributed by atoms with Gasteiger partial charge in [-0.1, -0.05) is 6.07 Å². The molecular weight excluding hydrogens is 426 g/mol. The van der Waals surface area contributed by atoms with Gasteiger partial charge in [0.15, 0.2) is 0 Å². The van der Waals surface area contributed by atoms with Crippen LogP contribution >= 0.6 is 0 Å². The van der Waals surface area contributed by atoms with Crippen LogP contribution in [0.4, 0.5) is 0 Å². The fourth-order valence-electron chi connectivity index (χ4n) is 5.23. The number of phenols is 1. The molecule has 0 bridgehead atoms. The van der Waals surface area contributed by atoms with Gasteiger partial charge >= 0.3 is 5.97 Å². The van der Waals surface area contributed by atoms with E-state index < -0.39 is 5.41 Å². The molecule has 2 N–H and O–H groups in total. The summed E-state index contributed by atoms with van der Waals surface area (Å²) in [5.74, 6) is -0.299. The van der Waals surface area contributed by atoms with E-state index in [1.165, 1.54) is 12.8 Å². The summed E-state index contributed by atoms with van der Waals surface area (Å²) in [6.45, 7) is 3.76. The lowest BCUT2D eigenvalue weighted by Crippen LogP contribution is -2.45. The number of aromatic hydroxyl groups is 1. The average molecular weight is 456 g/mol. The Morgan fingerprint density at radius 1 is 1.18 bits per heavy atom. The molecule has 176 valence electrons. The van der Waals surface area contributed by atoms with Crippen LogP contribution in [0.5, 0.6) is 5.75 Å². The fourth-order valence-corrected chi connectivity index (χ4v) is 5.23. The van der Waals surface area contributed by atoms with Gasteiger partial charge in [-0.3, -0.25) is 24.3 Å². The number of carbonyl (C=O) groups is 3. The van der Waals surface area contributed by atoms with Gasteiger partial charge in [0.05, 0.1) is 11.0 Å². The second-order valence-electron chi connectivity index (χ2n) is 8.98. The third-order valence-electron chi connectivity index (χ3n) is 7.02. The molecule has 0 saturated carbocycles. The number of aromatic nitrogens is 1. The van der Waals surface area contributed by atoms with Crippen LogP contribution in [-0.4, -0.2) is 82.2 Å². The molecule has 3 aliphatic heterocycles. The zero-order valence-corrected chi connectivity index (χ0v) is 18.5. The fraction of sp³-hybridized carbons (Fsp3) is 0.500. The second-order valence-corrected chi connectivity index (χ2v) is 8.98. The standard InChI is InChI=1S/C23H27N3O4.CH2O2/c27-20-18-5-8-24-14-16(18)3-4-19(20)21(28)26-11-6-23(7-12-26)13-17(30-22(23)29)15-25-9-1-2-10-25;2-1-3/h3-5,8,14,17,27H,1-2,6-7,9-13,15H2;1H,(H,2,3). The van der Waals surface area contributed by atoms with Crippen molar-refractivity contribution in [3.63, 3.8) is 0 Å².